The van der Waals surface area contributed by atoms with Gasteiger partial charge in [-0.25, -0.2) is 0 Å². The monoisotopic (exact) mass is 966 g/mol. The van der Waals surface area contributed by atoms with E-state index < -0.39 is 145 Å². The molecule has 0 fully saturated rings. The van der Waals surface area contributed by atoms with Gasteiger partial charge in [0.25, 0.3) is 40.5 Å². The molecule has 61 heavy (non-hydrogen) atoms. The lowest BCUT2D eigenvalue weighted by Gasteiger charge is -2.16. The van der Waals surface area contributed by atoms with Crippen LogP contribution < -0.4 is 16.0 Å². The average Bonchev–Trinajstić information content (AvgIpc) is 3.11. The molecule has 0 bridgehead atoms. The lowest BCUT2D eigenvalue weighted by atomic mass is 10.1. The molecule has 2 heterocycles. The van der Waals surface area contributed by atoms with Gasteiger partial charge in [0, 0.05) is 11.1 Å². The second kappa shape index (κ2) is 16.1. The van der Waals surface area contributed by atoms with Crippen LogP contribution in [-0.2, 0) is 40.5 Å². The number of benzene rings is 4. The van der Waals surface area contributed by atoms with Gasteiger partial charge in [-0.1, -0.05) is 11.6 Å². The lowest BCUT2D eigenvalue weighted by Crippen LogP contribution is -2.09. The van der Waals surface area contributed by atoms with Crippen LogP contribution in [-0.4, -0.2) is 87.0 Å². The summed E-state index contributed by atoms with van der Waals surface area (Å²) >= 11 is 11.9. The molecule has 6 aromatic rings. The first-order valence-electron chi connectivity index (χ1n) is 15.4. The van der Waals surface area contributed by atoms with E-state index in [0.717, 1.165) is 30.3 Å². The molecule has 0 saturated carbocycles. The molecule has 9 N–H and O–H groups in total. The minimum atomic E-state index is -5.41. The summed E-state index contributed by atoms with van der Waals surface area (Å²) in [6.07, 6.45) is -1.52. The van der Waals surface area contributed by atoms with Gasteiger partial charge in [-0.2, -0.15) is 67.4 Å². The standard InChI is InChI=1S/C29H18Cl2F2N10O14S4/c30-21-24(32)37-27(33)38-25(21)34-11-1-4-18(60(52,53)54)15(7-11)35-28-39-26(31)40-29(41-28)36-16-9-13(59(49,50)51)5-10-6-19(61(55,56)57)22(23(45)20(10)16)43-42-14-8-12(58(46,47)48)2-3-17(14)44/h1-9,44-45H,(H,34,37,38)(H,46,47,48)(H,49,50,51)(H,52,53,54)(H,55,56,57)(H2,35,36,39,40,41). The summed E-state index contributed by atoms with van der Waals surface area (Å²) in [5.41, 5.74) is -3.11. The first-order valence-corrected chi connectivity index (χ1v) is 21.9. The molecule has 0 aliphatic heterocycles. The zero-order valence-corrected chi connectivity index (χ0v) is 33.7. The zero-order chi connectivity index (χ0) is 45.0. The number of halogens is 4. The molecule has 4 aromatic carbocycles. The van der Waals surface area contributed by atoms with Gasteiger partial charge in [0.2, 0.25) is 23.1 Å². The number of aromatic hydroxyl groups is 2. The Morgan fingerprint density at radius 1 is 0.607 bits per heavy atom. The predicted molar refractivity (Wildman–Crippen MR) is 205 cm³/mol. The molecule has 0 aliphatic rings. The van der Waals surface area contributed by atoms with Crippen LogP contribution in [0.15, 0.2) is 84.4 Å². The van der Waals surface area contributed by atoms with Gasteiger partial charge in [0.15, 0.2) is 11.6 Å². The molecular weight excluding hydrogens is 950 g/mol. The number of nitrogens with one attached hydrogen (secondary N) is 3. The molecular formula is C29H18Cl2F2N10O14S4. The van der Waals surface area contributed by atoms with Crippen molar-refractivity contribution in [1.29, 1.82) is 0 Å². The molecule has 0 radical (unpaired) electrons. The van der Waals surface area contributed by atoms with Crippen molar-refractivity contribution in [2.75, 3.05) is 16.0 Å². The predicted octanol–water partition coefficient (Wildman–Crippen LogP) is 5.44. The fraction of sp³-hybridized carbons (Fsp3) is 0. The fourth-order valence-electron chi connectivity index (χ4n) is 5.10. The molecule has 0 unspecified atom stereocenters. The third kappa shape index (κ3) is 9.94. The number of fused-ring (bicyclic) bond motifs is 1. The van der Waals surface area contributed by atoms with E-state index in [-0.39, 0.29) is 5.69 Å². The summed E-state index contributed by atoms with van der Waals surface area (Å²) < 4.78 is 164. The molecule has 32 heteroatoms. The van der Waals surface area contributed by atoms with Crippen LogP contribution in [0.2, 0.25) is 10.3 Å². The maximum atomic E-state index is 13.9. The van der Waals surface area contributed by atoms with Crippen LogP contribution in [0.4, 0.5) is 54.9 Å². The molecule has 320 valence electrons. The normalized spacial score (nSPS) is 12.5. The van der Waals surface area contributed by atoms with Crippen LogP contribution in [0.3, 0.4) is 0 Å². The number of hydrogen-bond acceptors (Lipinski definition) is 20. The van der Waals surface area contributed by atoms with E-state index in [9.17, 15) is 70.9 Å². The summed E-state index contributed by atoms with van der Waals surface area (Å²) in [5.74, 6) is -5.35. The molecule has 0 saturated heterocycles. The number of anilines is 6. The van der Waals surface area contributed by atoms with Gasteiger partial charge in [0.1, 0.15) is 31.9 Å². The Balaban J connectivity index is 1.48. The van der Waals surface area contributed by atoms with Crippen LogP contribution >= 0.6 is 23.2 Å². The number of phenols is 2. The zero-order valence-electron chi connectivity index (χ0n) is 28.9. The number of azo groups is 1. The van der Waals surface area contributed by atoms with Crippen molar-refractivity contribution in [3.05, 3.63) is 76.9 Å². The van der Waals surface area contributed by atoms with E-state index in [1.54, 1.807) is 0 Å². The van der Waals surface area contributed by atoms with Crippen molar-refractivity contribution in [2.45, 2.75) is 19.6 Å². The highest BCUT2D eigenvalue weighted by Gasteiger charge is 2.27. The number of phenolic OH excluding ortho intramolecular Hbond substituents is 2. The van der Waals surface area contributed by atoms with Crippen molar-refractivity contribution >= 4 is 121 Å². The minimum Gasteiger partial charge on any atom is -0.506 e. The van der Waals surface area contributed by atoms with Crippen molar-refractivity contribution in [1.82, 2.24) is 24.9 Å². The van der Waals surface area contributed by atoms with Crippen molar-refractivity contribution in [2.24, 2.45) is 10.2 Å². The van der Waals surface area contributed by atoms with Crippen molar-refractivity contribution in [3.63, 3.8) is 0 Å². The Labute approximate surface area is 349 Å². The van der Waals surface area contributed by atoms with E-state index in [1.165, 1.54) is 0 Å². The van der Waals surface area contributed by atoms with Crippen LogP contribution in [0.1, 0.15) is 0 Å². The molecule has 0 atom stereocenters. The molecule has 2 aromatic heterocycles. The van der Waals surface area contributed by atoms with Gasteiger partial charge in [-0.15, -0.1) is 10.2 Å². The minimum absolute atomic E-state index is 0.157. The first-order chi connectivity index (χ1) is 28.2. The van der Waals surface area contributed by atoms with Gasteiger partial charge < -0.3 is 26.2 Å². The van der Waals surface area contributed by atoms with Gasteiger partial charge >= 0.3 is 6.08 Å². The highest BCUT2D eigenvalue weighted by Crippen LogP contribution is 2.46. The van der Waals surface area contributed by atoms with Crippen LogP contribution in [0, 0.1) is 12.0 Å². The molecule has 0 spiro atoms. The van der Waals surface area contributed by atoms with E-state index in [0.29, 0.717) is 24.3 Å². The number of nitrogens with zero attached hydrogens (tertiary/aromatic N) is 7. The quantitative estimate of drug-likeness (QED) is 0.0319. The number of aromatic nitrogens is 5. The van der Waals surface area contributed by atoms with Crippen molar-refractivity contribution < 1.29 is 70.9 Å². The van der Waals surface area contributed by atoms with Crippen molar-refractivity contribution in [3.8, 4) is 11.5 Å². The van der Waals surface area contributed by atoms with Gasteiger partial charge in [-0.3, -0.25) is 18.2 Å². The van der Waals surface area contributed by atoms with E-state index in [4.69, 9.17) is 23.2 Å². The highest BCUT2D eigenvalue weighted by atomic mass is 35.5. The van der Waals surface area contributed by atoms with Gasteiger partial charge in [0.05, 0.1) is 21.2 Å². The Kier molecular flexibility index (Phi) is 11.7. The van der Waals surface area contributed by atoms with Crippen LogP contribution in [0.5, 0.6) is 11.5 Å². The molecule has 24 nitrogen and oxygen atoms in total. The third-order valence-electron chi connectivity index (χ3n) is 7.61. The SMILES string of the molecule is O=S(=O)(O)c1ccc(O)c(N=Nc2c(S(=O)(=O)O)cc3cc(S(=O)(=O)O)cc(Nc4nc(Cl)nc(Nc5cc(Nc6nc(F)nc(F)c6Cl)ccc5S(=O)(=O)O)n4)c3c2O)c1. The van der Waals surface area contributed by atoms with Crippen LogP contribution in [0.25, 0.3) is 10.8 Å². The second-order valence-corrected chi connectivity index (χ2v) is 18.0. The Bertz CT molecular complexity index is 3340. The Morgan fingerprint density at radius 2 is 1.23 bits per heavy atom. The summed E-state index contributed by atoms with van der Waals surface area (Å²) in [4.78, 5) is 13.9. The molecule has 6 rings (SSSR count). The summed E-state index contributed by atoms with van der Waals surface area (Å²) in [6.45, 7) is 0. The maximum absolute atomic E-state index is 13.9. The molecule has 0 amide bonds. The summed E-state index contributed by atoms with van der Waals surface area (Å²) in [7, 11) is -20.5. The summed E-state index contributed by atoms with van der Waals surface area (Å²) in [6, 6.07) is 6.80. The highest BCUT2D eigenvalue weighted by molar-refractivity contribution is 7.86. The third-order valence-corrected chi connectivity index (χ3v) is 11.6. The number of hydrogen-bond donors (Lipinski definition) is 9. The smallest absolute Gasteiger partial charge is 0.313 e. The largest absolute Gasteiger partial charge is 0.506 e. The molecule has 0 aliphatic carbocycles. The maximum Gasteiger partial charge on any atom is 0.313 e. The van der Waals surface area contributed by atoms with E-state index in [2.05, 4.69) is 51.1 Å². The summed E-state index contributed by atoms with van der Waals surface area (Å²) in [5, 5.41) is 33.4. The second-order valence-electron chi connectivity index (χ2n) is 11.7. The van der Waals surface area contributed by atoms with E-state index >= 15 is 0 Å². The topological polar surface area (TPSA) is 383 Å². The lowest BCUT2D eigenvalue weighted by molar-refractivity contribution is 0.471. The Morgan fingerprint density at radius 3 is 1.84 bits per heavy atom. The Hall–Kier alpha value is -6.09. The van der Waals surface area contributed by atoms with E-state index in [1.807, 2.05) is 0 Å². The van der Waals surface area contributed by atoms with Gasteiger partial charge in [-0.05, 0) is 71.6 Å². The average molecular weight is 968 g/mol. The first kappa shape index (κ1) is 44.5. The number of rotatable bonds is 12. The fourth-order valence-corrected chi connectivity index (χ4v) is 7.72.